The largest absolute Gasteiger partial charge is 0.389 e. The van der Waals surface area contributed by atoms with Crippen LogP contribution in [0.25, 0.3) is 0 Å². The number of sulfone groups is 1. The molecule has 0 unspecified atom stereocenters. The van der Waals surface area contributed by atoms with Crippen molar-refractivity contribution in [2.24, 2.45) is 5.73 Å². The second-order valence-electron chi connectivity index (χ2n) is 3.72. The summed E-state index contributed by atoms with van der Waals surface area (Å²) in [7, 11) is -2.97. The van der Waals surface area contributed by atoms with Crippen molar-refractivity contribution in [2.45, 2.75) is 6.92 Å². The standard InChI is InChI=1S/C11H15BrN2O2S2/c1-2-18(15,16)6-5-14-10-4-3-8(12)7-9(10)11(13)17/h3-4,7,14H,2,5-6H2,1H3,(H2,13,17). The molecule has 0 aliphatic carbocycles. The van der Waals surface area contributed by atoms with Gasteiger partial charge >= 0.3 is 0 Å². The van der Waals surface area contributed by atoms with Gasteiger partial charge in [-0.25, -0.2) is 8.42 Å². The summed E-state index contributed by atoms with van der Waals surface area (Å²) in [6.45, 7) is 1.98. The fraction of sp³-hybridized carbons (Fsp3) is 0.364. The lowest BCUT2D eigenvalue weighted by atomic mass is 10.2. The molecule has 7 heteroatoms. The van der Waals surface area contributed by atoms with Gasteiger partial charge in [-0.05, 0) is 18.2 Å². The zero-order valence-electron chi connectivity index (χ0n) is 9.94. The van der Waals surface area contributed by atoms with Gasteiger partial charge in [-0.1, -0.05) is 35.1 Å². The summed E-state index contributed by atoms with van der Waals surface area (Å²) in [6.07, 6.45) is 0. The lowest BCUT2D eigenvalue weighted by Crippen LogP contribution is -2.19. The second-order valence-corrected chi connectivity index (χ2v) is 7.55. The van der Waals surface area contributed by atoms with Crippen molar-refractivity contribution < 1.29 is 8.42 Å². The summed E-state index contributed by atoms with van der Waals surface area (Å²) < 4.78 is 23.6. The number of anilines is 1. The first kappa shape index (κ1) is 15.4. The second kappa shape index (κ2) is 6.49. The summed E-state index contributed by atoms with van der Waals surface area (Å²) in [5.41, 5.74) is 7.07. The van der Waals surface area contributed by atoms with Crippen LogP contribution in [0.15, 0.2) is 22.7 Å². The predicted molar refractivity (Wildman–Crippen MR) is 82.8 cm³/mol. The van der Waals surface area contributed by atoms with Crippen LogP contribution in [0, 0.1) is 0 Å². The maximum Gasteiger partial charge on any atom is 0.151 e. The van der Waals surface area contributed by atoms with Gasteiger partial charge in [-0.2, -0.15) is 0 Å². The summed E-state index contributed by atoms with van der Waals surface area (Å²) in [6, 6.07) is 5.47. The summed E-state index contributed by atoms with van der Waals surface area (Å²) in [4.78, 5) is 0.275. The molecular formula is C11H15BrN2O2S2. The van der Waals surface area contributed by atoms with Gasteiger partial charge < -0.3 is 11.1 Å². The molecule has 4 nitrogen and oxygen atoms in total. The van der Waals surface area contributed by atoms with E-state index in [1.165, 1.54) is 0 Å². The Balaban J connectivity index is 2.77. The molecule has 1 aromatic carbocycles. The van der Waals surface area contributed by atoms with Crippen LogP contribution in [0.3, 0.4) is 0 Å². The Morgan fingerprint density at radius 2 is 2.17 bits per heavy atom. The molecule has 0 radical (unpaired) electrons. The third-order valence-corrected chi connectivity index (χ3v) is 4.83. The quantitative estimate of drug-likeness (QED) is 0.767. The molecule has 1 aromatic rings. The first-order valence-electron chi connectivity index (χ1n) is 5.39. The minimum absolute atomic E-state index is 0.0936. The van der Waals surface area contributed by atoms with Crippen LogP contribution in [-0.4, -0.2) is 31.5 Å². The van der Waals surface area contributed by atoms with Crippen LogP contribution in [0.4, 0.5) is 5.69 Å². The molecule has 0 aromatic heterocycles. The lowest BCUT2D eigenvalue weighted by Gasteiger charge is -2.11. The monoisotopic (exact) mass is 350 g/mol. The number of benzene rings is 1. The molecule has 0 aliphatic rings. The average Bonchev–Trinajstić information content (AvgIpc) is 2.30. The van der Waals surface area contributed by atoms with E-state index in [4.69, 9.17) is 18.0 Å². The van der Waals surface area contributed by atoms with E-state index >= 15 is 0 Å². The van der Waals surface area contributed by atoms with E-state index < -0.39 is 9.84 Å². The minimum atomic E-state index is -2.97. The van der Waals surface area contributed by atoms with Gasteiger partial charge in [0, 0.05) is 28.0 Å². The van der Waals surface area contributed by atoms with Crippen molar-refractivity contribution in [3.05, 3.63) is 28.2 Å². The Hall–Kier alpha value is -0.660. The topological polar surface area (TPSA) is 72.2 Å². The molecule has 0 spiro atoms. The van der Waals surface area contributed by atoms with Gasteiger partial charge in [0.1, 0.15) is 4.99 Å². The molecular weight excluding hydrogens is 336 g/mol. The van der Waals surface area contributed by atoms with Crippen LogP contribution < -0.4 is 11.1 Å². The van der Waals surface area contributed by atoms with Crippen molar-refractivity contribution in [2.75, 3.05) is 23.4 Å². The highest BCUT2D eigenvalue weighted by Crippen LogP contribution is 2.20. The zero-order valence-corrected chi connectivity index (χ0v) is 13.2. The molecule has 0 saturated heterocycles. The number of hydrogen-bond donors (Lipinski definition) is 2. The molecule has 18 heavy (non-hydrogen) atoms. The fourth-order valence-corrected chi connectivity index (χ4v) is 2.59. The Labute approximate surface area is 121 Å². The number of hydrogen-bond acceptors (Lipinski definition) is 4. The van der Waals surface area contributed by atoms with Crippen LogP contribution in [-0.2, 0) is 9.84 Å². The van der Waals surface area contributed by atoms with E-state index in [0.717, 1.165) is 10.2 Å². The Kier molecular flexibility index (Phi) is 5.55. The van der Waals surface area contributed by atoms with Crippen molar-refractivity contribution in [3.63, 3.8) is 0 Å². The van der Waals surface area contributed by atoms with Gasteiger partial charge in [0.2, 0.25) is 0 Å². The molecule has 0 amide bonds. The molecule has 0 atom stereocenters. The van der Waals surface area contributed by atoms with E-state index in [2.05, 4.69) is 21.2 Å². The molecule has 100 valence electrons. The van der Waals surface area contributed by atoms with Crippen molar-refractivity contribution in [1.29, 1.82) is 0 Å². The van der Waals surface area contributed by atoms with E-state index in [1.807, 2.05) is 12.1 Å². The normalized spacial score (nSPS) is 11.2. The number of halogens is 1. The van der Waals surface area contributed by atoms with E-state index in [9.17, 15) is 8.42 Å². The highest BCUT2D eigenvalue weighted by molar-refractivity contribution is 9.10. The third kappa shape index (κ3) is 4.55. The van der Waals surface area contributed by atoms with Crippen molar-refractivity contribution >= 4 is 48.7 Å². The first-order valence-corrected chi connectivity index (χ1v) is 8.41. The number of nitrogens with one attached hydrogen (secondary N) is 1. The maximum absolute atomic E-state index is 11.4. The minimum Gasteiger partial charge on any atom is -0.389 e. The van der Waals surface area contributed by atoms with Gasteiger partial charge in [0.15, 0.2) is 9.84 Å². The smallest absolute Gasteiger partial charge is 0.151 e. The number of thiocarbonyl (C=S) groups is 1. The van der Waals surface area contributed by atoms with Crippen LogP contribution in [0.1, 0.15) is 12.5 Å². The molecule has 0 saturated carbocycles. The summed E-state index contributed by atoms with van der Waals surface area (Å²) in [5, 5.41) is 3.04. The van der Waals surface area contributed by atoms with Crippen LogP contribution in [0.5, 0.6) is 0 Å². The average molecular weight is 351 g/mol. The zero-order chi connectivity index (χ0) is 13.8. The van der Waals surface area contributed by atoms with E-state index in [-0.39, 0.29) is 16.5 Å². The van der Waals surface area contributed by atoms with Gasteiger partial charge in [0.05, 0.1) is 5.75 Å². The maximum atomic E-state index is 11.4. The Morgan fingerprint density at radius 3 is 2.72 bits per heavy atom. The Bertz CT molecular complexity index is 544. The molecule has 3 N–H and O–H groups in total. The van der Waals surface area contributed by atoms with Gasteiger partial charge in [-0.3, -0.25) is 0 Å². The highest BCUT2D eigenvalue weighted by atomic mass is 79.9. The van der Waals surface area contributed by atoms with Gasteiger partial charge in [0.25, 0.3) is 0 Å². The Morgan fingerprint density at radius 1 is 1.50 bits per heavy atom. The summed E-state index contributed by atoms with van der Waals surface area (Å²) in [5.74, 6) is 0.244. The summed E-state index contributed by atoms with van der Waals surface area (Å²) >= 11 is 8.29. The molecule has 1 rings (SSSR count). The first-order chi connectivity index (χ1) is 8.35. The van der Waals surface area contributed by atoms with E-state index in [0.29, 0.717) is 12.1 Å². The number of rotatable bonds is 6. The number of nitrogens with two attached hydrogens (primary N) is 1. The highest BCUT2D eigenvalue weighted by Gasteiger charge is 2.09. The third-order valence-electron chi connectivity index (χ3n) is 2.42. The SMILES string of the molecule is CCS(=O)(=O)CCNc1ccc(Br)cc1C(N)=S. The van der Waals surface area contributed by atoms with Crippen LogP contribution in [0.2, 0.25) is 0 Å². The van der Waals surface area contributed by atoms with Gasteiger partial charge in [-0.15, -0.1) is 0 Å². The predicted octanol–water partition coefficient (Wildman–Crippen LogP) is 1.93. The molecule has 0 bridgehead atoms. The van der Waals surface area contributed by atoms with Crippen molar-refractivity contribution in [3.8, 4) is 0 Å². The fourth-order valence-electron chi connectivity index (χ4n) is 1.36. The molecule has 0 aliphatic heterocycles. The molecule has 0 fully saturated rings. The van der Waals surface area contributed by atoms with Crippen LogP contribution >= 0.6 is 28.1 Å². The lowest BCUT2D eigenvalue weighted by molar-refractivity contribution is 0.597. The van der Waals surface area contributed by atoms with E-state index in [1.54, 1.807) is 13.0 Å². The molecule has 0 heterocycles. The van der Waals surface area contributed by atoms with Crippen molar-refractivity contribution in [1.82, 2.24) is 0 Å².